The van der Waals surface area contributed by atoms with Crippen LogP contribution in [0.1, 0.15) is 10.4 Å². The van der Waals surface area contributed by atoms with Crippen LogP contribution in [0.3, 0.4) is 0 Å². The summed E-state index contributed by atoms with van der Waals surface area (Å²) in [7, 11) is 0. The first-order valence-electron chi connectivity index (χ1n) is 3.26. The molecule has 6 heteroatoms. The normalized spacial score (nSPS) is 12.4. The van der Waals surface area contributed by atoms with Crippen LogP contribution >= 0.6 is 0 Å². The van der Waals surface area contributed by atoms with Crippen LogP contribution in [0, 0.1) is 0 Å². The predicted molar refractivity (Wildman–Crippen MR) is 46.9 cm³/mol. The molecule has 4 N–H and O–H groups in total. The van der Waals surface area contributed by atoms with Crippen LogP contribution in [0.4, 0.5) is 5.69 Å². The van der Waals surface area contributed by atoms with Gasteiger partial charge in [0.2, 0.25) is 0 Å². The van der Waals surface area contributed by atoms with E-state index in [1.165, 1.54) is 12.1 Å². The minimum absolute atomic E-state index is 0.151. The maximum atomic E-state index is 10.6. The van der Waals surface area contributed by atoms with Crippen molar-refractivity contribution in [2.75, 3.05) is 5.73 Å². The highest BCUT2D eigenvalue weighted by molar-refractivity contribution is 7.79. The lowest BCUT2D eigenvalue weighted by atomic mass is 10.2. The first kappa shape index (κ1) is 9.69. The number of rotatable bonds is 2. The molecule has 0 saturated carbocycles. The van der Waals surface area contributed by atoms with Gasteiger partial charge in [-0.15, -0.1) is 0 Å². The van der Waals surface area contributed by atoms with Gasteiger partial charge >= 0.3 is 5.97 Å². The van der Waals surface area contributed by atoms with Crippen molar-refractivity contribution in [1.82, 2.24) is 0 Å². The number of benzene rings is 1. The molecule has 1 unspecified atom stereocenters. The van der Waals surface area contributed by atoms with Crippen LogP contribution in [0.25, 0.3) is 0 Å². The molecule has 0 fully saturated rings. The zero-order valence-corrected chi connectivity index (χ0v) is 7.25. The van der Waals surface area contributed by atoms with Crippen LogP contribution in [0.2, 0.25) is 0 Å². The van der Waals surface area contributed by atoms with Gasteiger partial charge in [0.05, 0.1) is 10.5 Å². The quantitative estimate of drug-likeness (QED) is 0.479. The number of carboxylic acid groups (broad SMARTS) is 1. The van der Waals surface area contributed by atoms with Gasteiger partial charge in [-0.25, -0.2) is 9.00 Å². The first-order valence-corrected chi connectivity index (χ1v) is 4.36. The van der Waals surface area contributed by atoms with Crippen LogP contribution in [-0.2, 0) is 11.1 Å². The maximum Gasteiger partial charge on any atom is 0.337 e. The van der Waals surface area contributed by atoms with Gasteiger partial charge in [0.25, 0.3) is 0 Å². The summed E-state index contributed by atoms with van der Waals surface area (Å²) in [6.07, 6.45) is 0. The van der Waals surface area contributed by atoms with Gasteiger partial charge in [0.15, 0.2) is 11.1 Å². The zero-order valence-electron chi connectivity index (χ0n) is 6.43. The molecule has 0 saturated heterocycles. The maximum absolute atomic E-state index is 10.6. The van der Waals surface area contributed by atoms with E-state index in [-0.39, 0.29) is 16.1 Å². The number of nitrogens with two attached hydrogens (primary N) is 1. The van der Waals surface area contributed by atoms with E-state index in [2.05, 4.69) is 0 Å². The Labute approximate surface area is 76.5 Å². The third-order valence-corrected chi connectivity index (χ3v) is 2.15. The summed E-state index contributed by atoms with van der Waals surface area (Å²) in [5.41, 5.74) is 5.31. The van der Waals surface area contributed by atoms with E-state index in [1.807, 2.05) is 0 Å². The first-order chi connectivity index (χ1) is 6.02. The second-order valence-electron chi connectivity index (χ2n) is 2.31. The fraction of sp³-hybridized carbons (Fsp3) is 0. The fourth-order valence-electron chi connectivity index (χ4n) is 0.867. The second kappa shape index (κ2) is 3.55. The molecular weight excluding hydrogens is 194 g/mol. The molecule has 0 aliphatic heterocycles. The van der Waals surface area contributed by atoms with Crippen molar-refractivity contribution in [3.63, 3.8) is 0 Å². The zero-order chi connectivity index (χ0) is 10.0. The SMILES string of the molecule is Nc1ccc(S(=O)O)c(C(=O)O)c1. The Morgan fingerprint density at radius 2 is 2.08 bits per heavy atom. The van der Waals surface area contributed by atoms with Gasteiger partial charge in [0, 0.05) is 5.69 Å². The Bertz CT molecular complexity index is 377. The third-order valence-electron chi connectivity index (χ3n) is 1.42. The number of hydrogen-bond acceptors (Lipinski definition) is 3. The summed E-state index contributed by atoms with van der Waals surface area (Å²) in [5, 5.41) is 8.64. The number of anilines is 1. The van der Waals surface area contributed by atoms with Crippen molar-refractivity contribution in [2.45, 2.75) is 4.90 Å². The number of hydrogen-bond donors (Lipinski definition) is 3. The molecule has 1 atom stereocenters. The van der Waals surface area contributed by atoms with Gasteiger partial charge in [-0.05, 0) is 18.2 Å². The van der Waals surface area contributed by atoms with Gasteiger partial charge < -0.3 is 15.4 Å². The molecule has 1 aromatic rings. The van der Waals surface area contributed by atoms with Crippen LogP contribution < -0.4 is 5.73 Å². The highest BCUT2D eigenvalue weighted by Crippen LogP contribution is 2.16. The Morgan fingerprint density at radius 1 is 1.46 bits per heavy atom. The fourth-order valence-corrected chi connectivity index (χ4v) is 1.39. The third kappa shape index (κ3) is 2.04. The summed E-state index contributed by atoms with van der Waals surface area (Å²) in [6, 6.07) is 3.73. The lowest BCUT2D eigenvalue weighted by Crippen LogP contribution is -2.04. The van der Waals surface area contributed by atoms with Gasteiger partial charge in [0.1, 0.15) is 0 Å². The molecule has 1 aromatic carbocycles. The molecule has 0 heterocycles. The summed E-state index contributed by atoms with van der Waals surface area (Å²) in [6.45, 7) is 0. The van der Waals surface area contributed by atoms with E-state index >= 15 is 0 Å². The molecule has 13 heavy (non-hydrogen) atoms. The lowest BCUT2D eigenvalue weighted by Gasteiger charge is -2.01. The van der Waals surface area contributed by atoms with Crippen molar-refractivity contribution >= 4 is 22.7 Å². The molecule has 70 valence electrons. The van der Waals surface area contributed by atoms with E-state index in [0.717, 1.165) is 6.07 Å². The molecule has 0 radical (unpaired) electrons. The molecule has 0 aromatic heterocycles. The highest BCUT2D eigenvalue weighted by Gasteiger charge is 2.13. The minimum atomic E-state index is -2.31. The second-order valence-corrected chi connectivity index (χ2v) is 3.25. The van der Waals surface area contributed by atoms with Crippen LogP contribution in [-0.4, -0.2) is 19.8 Å². The van der Waals surface area contributed by atoms with Crippen molar-refractivity contribution in [1.29, 1.82) is 0 Å². The summed E-state index contributed by atoms with van der Waals surface area (Å²) < 4.78 is 19.4. The van der Waals surface area contributed by atoms with Gasteiger partial charge in [-0.3, -0.25) is 0 Å². The Hall–Kier alpha value is -1.40. The van der Waals surface area contributed by atoms with Crippen molar-refractivity contribution in [2.24, 2.45) is 0 Å². The lowest BCUT2D eigenvalue weighted by molar-refractivity contribution is 0.0692. The summed E-state index contributed by atoms with van der Waals surface area (Å²) in [4.78, 5) is 10.4. The number of aromatic carboxylic acids is 1. The Balaban J connectivity index is 3.35. The van der Waals surface area contributed by atoms with Crippen LogP contribution in [0.5, 0.6) is 0 Å². The van der Waals surface area contributed by atoms with E-state index in [9.17, 15) is 9.00 Å². The molecule has 0 amide bonds. The van der Waals surface area contributed by atoms with E-state index in [4.69, 9.17) is 15.4 Å². The Morgan fingerprint density at radius 3 is 2.54 bits per heavy atom. The average Bonchev–Trinajstić information content (AvgIpc) is 2.03. The largest absolute Gasteiger partial charge is 0.478 e. The number of carbonyl (C=O) groups is 1. The number of nitrogen functional groups attached to an aromatic ring is 1. The van der Waals surface area contributed by atoms with Gasteiger partial charge in [-0.2, -0.15) is 0 Å². The van der Waals surface area contributed by atoms with E-state index in [0.29, 0.717) is 0 Å². The summed E-state index contributed by atoms with van der Waals surface area (Å²) >= 11 is -2.31. The van der Waals surface area contributed by atoms with Crippen molar-refractivity contribution in [3.05, 3.63) is 23.8 Å². The topological polar surface area (TPSA) is 101 Å². The average molecular weight is 201 g/mol. The molecule has 0 spiro atoms. The van der Waals surface area contributed by atoms with E-state index < -0.39 is 17.0 Å². The Kier molecular flexibility index (Phi) is 2.64. The molecule has 0 bridgehead atoms. The molecule has 1 rings (SSSR count). The monoisotopic (exact) mass is 201 g/mol. The summed E-state index contributed by atoms with van der Waals surface area (Å²) in [5.74, 6) is -1.27. The van der Waals surface area contributed by atoms with Crippen molar-refractivity contribution < 1.29 is 18.7 Å². The molecule has 0 aliphatic carbocycles. The molecular formula is C7H7NO4S. The molecule has 5 nitrogen and oxygen atoms in total. The number of carboxylic acids is 1. The highest BCUT2D eigenvalue weighted by atomic mass is 32.2. The van der Waals surface area contributed by atoms with Crippen molar-refractivity contribution in [3.8, 4) is 0 Å². The minimum Gasteiger partial charge on any atom is -0.478 e. The van der Waals surface area contributed by atoms with E-state index in [1.54, 1.807) is 0 Å². The van der Waals surface area contributed by atoms with Gasteiger partial charge in [-0.1, -0.05) is 0 Å². The predicted octanol–water partition coefficient (Wildman–Crippen LogP) is 0.548. The van der Waals surface area contributed by atoms with Crippen LogP contribution in [0.15, 0.2) is 23.1 Å². The molecule has 0 aliphatic rings. The standard InChI is InChI=1S/C7H7NO4S/c8-4-1-2-6(13(11)12)5(3-4)7(9)10/h1-3H,8H2,(H,9,10)(H,11,12). The smallest absolute Gasteiger partial charge is 0.337 e.